The Hall–Kier alpha value is -2.86. The van der Waals surface area contributed by atoms with Crippen molar-refractivity contribution in [2.24, 2.45) is 5.73 Å². The molecule has 138 valence electrons. The van der Waals surface area contributed by atoms with Gasteiger partial charge in [0.25, 0.3) is 0 Å². The Labute approximate surface area is 154 Å². The molecule has 0 aliphatic rings. The number of nitrogens with one attached hydrogen (secondary N) is 2. The maximum Gasteiger partial charge on any atom is 0.319 e. The van der Waals surface area contributed by atoms with Crippen LogP contribution in [-0.4, -0.2) is 42.5 Å². The molecule has 0 aliphatic carbocycles. The number of nitrogens with two attached hydrogens (primary N) is 1. The van der Waals surface area contributed by atoms with E-state index in [2.05, 4.69) is 10.6 Å². The summed E-state index contributed by atoms with van der Waals surface area (Å²) in [5.41, 5.74) is 7.48. The number of hydrogen-bond donors (Lipinski definition) is 3. The minimum Gasteiger partial charge on any atom is -0.339 e. The molecular formula is C20H26N4O2. The summed E-state index contributed by atoms with van der Waals surface area (Å²) in [6.45, 7) is 3.08. The molecule has 0 radical (unpaired) electrons. The van der Waals surface area contributed by atoms with Crippen molar-refractivity contribution in [2.45, 2.75) is 19.4 Å². The number of anilines is 1. The number of carbonyl (C=O) groups excluding carboxylic acids is 2. The summed E-state index contributed by atoms with van der Waals surface area (Å²) in [6, 6.07) is 18.0. The smallest absolute Gasteiger partial charge is 0.319 e. The third kappa shape index (κ3) is 6.22. The molecule has 2 rings (SSSR count). The van der Waals surface area contributed by atoms with Gasteiger partial charge in [-0.25, -0.2) is 4.79 Å². The third-order valence-electron chi connectivity index (χ3n) is 3.97. The molecule has 4 N–H and O–H groups in total. The van der Waals surface area contributed by atoms with E-state index in [-0.39, 0.29) is 5.91 Å². The number of benzene rings is 2. The van der Waals surface area contributed by atoms with Crippen LogP contribution in [0.15, 0.2) is 60.7 Å². The number of rotatable bonds is 8. The summed E-state index contributed by atoms with van der Waals surface area (Å²) < 4.78 is 0. The van der Waals surface area contributed by atoms with Crippen LogP contribution >= 0.6 is 0 Å². The Kier molecular flexibility index (Phi) is 7.64. The average molecular weight is 354 g/mol. The van der Waals surface area contributed by atoms with E-state index in [0.29, 0.717) is 25.3 Å². The zero-order valence-electron chi connectivity index (χ0n) is 15.0. The van der Waals surface area contributed by atoms with Crippen molar-refractivity contribution >= 4 is 17.6 Å². The molecule has 0 saturated heterocycles. The lowest BCUT2D eigenvalue weighted by Crippen LogP contribution is -2.49. The van der Waals surface area contributed by atoms with Gasteiger partial charge in [0.1, 0.15) is 6.04 Å². The topological polar surface area (TPSA) is 87.5 Å². The van der Waals surface area contributed by atoms with E-state index >= 15 is 0 Å². The lowest BCUT2D eigenvalue weighted by molar-refractivity contribution is -0.132. The number of urea groups is 1. The molecule has 0 heterocycles. The standard InChI is InChI=1S/C20H26N4O2/c1-16(22-20(26)23-18-10-6-3-7-11-18)19(25)24(15-13-21)14-12-17-8-4-2-5-9-17/h2-11,16H,12-15,21H2,1H3,(H2,22,23,26). The minimum atomic E-state index is -0.638. The SMILES string of the molecule is CC(NC(=O)Nc1ccccc1)C(=O)N(CCN)CCc1ccccc1. The highest BCUT2D eigenvalue weighted by molar-refractivity contribution is 5.93. The van der Waals surface area contributed by atoms with Gasteiger partial charge in [-0.1, -0.05) is 48.5 Å². The van der Waals surface area contributed by atoms with E-state index in [1.165, 1.54) is 0 Å². The van der Waals surface area contributed by atoms with Crippen LogP contribution in [0.5, 0.6) is 0 Å². The van der Waals surface area contributed by atoms with Gasteiger partial charge >= 0.3 is 6.03 Å². The first kappa shape index (κ1) is 19.5. The average Bonchev–Trinajstić information content (AvgIpc) is 2.66. The van der Waals surface area contributed by atoms with Crippen LogP contribution in [0.1, 0.15) is 12.5 Å². The second kappa shape index (κ2) is 10.2. The lowest BCUT2D eigenvalue weighted by Gasteiger charge is -2.26. The molecule has 0 aromatic heterocycles. The van der Waals surface area contributed by atoms with Crippen molar-refractivity contribution in [2.75, 3.05) is 25.0 Å². The Morgan fingerprint density at radius 1 is 1.00 bits per heavy atom. The van der Waals surface area contributed by atoms with Crippen LogP contribution in [0.4, 0.5) is 10.5 Å². The highest BCUT2D eigenvalue weighted by atomic mass is 16.2. The van der Waals surface area contributed by atoms with E-state index in [0.717, 1.165) is 12.0 Å². The zero-order valence-corrected chi connectivity index (χ0v) is 15.0. The number of amides is 3. The molecule has 1 unspecified atom stereocenters. The first-order valence-corrected chi connectivity index (χ1v) is 8.75. The van der Waals surface area contributed by atoms with E-state index < -0.39 is 12.1 Å². The summed E-state index contributed by atoms with van der Waals surface area (Å²) in [4.78, 5) is 26.4. The fourth-order valence-electron chi connectivity index (χ4n) is 2.62. The first-order chi connectivity index (χ1) is 12.6. The summed E-state index contributed by atoms with van der Waals surface area (Å²) in [6.07, 6.45) is 0.746. The molecular weight excluding hydrogens is 328 g/mol. The summed E-state index contributed by atoms with van der Waals surface area (Å²) in [5, 5.41) is 5.39. The van der Waals surface area contributed by atoms with Gasteiger partial charge in [-0.2, -0.15) is 0 Å². The molecule has 6 nitrogen and oxygen atoms in total. The second-order valence-electron chi connectivity index (χ2n) is 6.04. The van der Waals surface area contributed by atoms with E-state index in [9.17, 15) is 9.59 Å². The third-order valence-corrected chi connectivity index (χ3v) is 3.97. The van der Waals surface area contributed by atoms with Gasteiger partial charge in [-0.05, 0) is 31.0 Å². The van der Waals surface area contributed by atoms with Crippen LogP contribution in [0.25, 0.3) is 0 Å². The quantitative estimate of drug-likeness (QED) is 0.679. The minimum absolute atomic E-state index is 0.144. The fraction of sp³-hybridized carbons (Fsp3) is 0.300. The van der Waals surface area contributed by atoms with Crippen molar-refractivity contribution in [3.63, 3.8) is 0 Å². The predicted octanol–water partition coefficient (Wildman–Crippen LogP) is 2.23. The van der Waals surface area contributed by atoms with Crippen molar-refractivity contribution in [3.8, 4) is 0 Å². The van der Waals surface area contributed by atoms with Crippen LogP contribution < -0.4 is 16.4 Å². The number of carbonyl (C=O) groups is 2. The summed E-state index contributed by atoms with van der Waals surface area (Å²) >= 11 is 0. The molecule has 1 atom stereocenters. The van der Waals surface area contributed by atoms with Gasteiger partial charge in [0.15, 0.2) is 0 Å². The summed E-state index contributed by atoms with van der Waals surface area (Å²) in [5.74, 6) is -0.144. The van der Waals surface area contributed by atoms with E-state index in [4.69, 9.17) is 5.73 Å². The van der Waals surface area contributed by atoms with Gasteiger partial charge in [0, 0.05) is 25.3 Å². The zero-order chi connectivity index (χ0) is 18.8. The van der Waals surface area contributed by atoms with Crippen LogP contribution in [0.2, 0.25) is 0 Å². The van der Waals surface area contributed by atoms with Gasteiger partial charge in [0.05, 0.1) is 0 Å². The molecule has 0 fully saturated rings. The van der Waals surface area contributed by atoms with Crippen molar-refractivity contribution in [1.29, 1.82) is 0 Å². The Morgan fingerprint density at radius 2 is 1.62 bits per heavy atom. The highest BCUT2D eigenvalue weighted by Gasteiger charge is 2.21. The van der Waals surface area contributed by atoms with Crippen LogP contribution in [0, 0.1) is 0 Å². The van der Waals surface area contributed by atoms with Crippen LogP contribution in [-0.2, 0) is 11.2 Å². The molecule has 2 aromatic carbocycles. The molecule has 2 aromatic rings. The second-order valence-corrected chi connectivity index (χ2v) is 6.04. The molecule has 0 aliphatic heterocycles. The van der Waals surface area contributed by atoms with Crippen molar-refractivity contribution in [1.82, 2.24) is 10.2 Å². The normalized spacial score (nSPS) is 11.5. The Morgan fingerprint density at radius 3 is 2.23 bits per heavy atom. The monoisotopic (exact) mass is 354 g/mol. The van der Waals surface area contributed by atoms with Gasteiger partial charge in [-0.15, -0.1) is 0 Å². The number of hydrogen-bond acceptors (Lipinski definition) is 3. The number of para-hydroxylation sites is 1. The van der Waals surface area contributed by atoms with Gasteiger partial charge in [0.2, 0.25) is 5.91 Å². The molecule has 0 saturated carbocycles. The Bertz CT molecular complexity index is 691. The van der Waals surface area contributed by atoms with E-state index in [1.54, 1.807) is 24.0 Å². The van der Waals surface area contributed by atoms with Gasteiger partial charge < -0.3 is 21.3 Å². The summed E-state index contributed by atoms with van der Waals surface area (Å²) in [7, 11) is 0. The van der Waals surface area contributed by atoms with Gasteiger partial charge in [-0.3, -0.25) is 4.79 Å². The first-order valence-electron chi connectivity index (χ1n) is 8.75. The Balaban J connectivity index is 1.88. The van der Waals surface area contributed by atoms with Crippen molar-refractivity contribution in [3.05, 3.63) is 66.2 Å². The maximum atomic E-state index is 12.7. The lowest BCUT2D eigenvalue weighted by atomic mass is 10.1. The molecule has 0 spiro atoms. The molecule has 6 heteroatoms. The predicted molar refractivity (Wildman–Crippen MR) is 104 cm³/mol. The number of nitrogens with zero attached hydrogens (tertiary/aromatic N) is 1. The highest BCUT2D eigenvalue weighted by Crippen LogP contribution is 2.06. The largest absolute Gasteiger partial charge is 0.339 e. The van der Waals surface area contributed by atoms with Crippen LogP contribution in [0.3, 0.4) is 0 Å². The molecule has 26 heavy (non-hydrogen) atoms. The molecule has 3 amide bonds. The fourth-order valence-corrected chi connectivity index (χ4v) is 2.62. The maximum absolute atomic E-state index is 12.7. The van der Waals surface area contributed by atoms with Crippen molar-refractivity contribution < 1.29 is 9.59 Å². The molecule has 0 bridgehead atoms. The van der Waals surface area contributed by atoms with E-state index in [1.807, 2.05) is 48.5 Å².